The number of aliphatic hydroxyl groups is 1. The van der Waals surface area contributed by atoms with Gasteiger partial charge in [0.15, 0.2) is 12.2 Å². The zero-order chi connectivity index (χ0) is 21.2. The molecule has 2 N–H and O–H groups in total. The van der Waals surface area contributed by atoms with Crippen LogP contribution in [0.5, 0.6) is 0 Å². The predicted octanol–water partition coefficient (Wildman–Crippen LogP) is 0.856. The van der Waals surface area contributed by atoms with Gasteiger partial charge in [0.25, 0.3) is 0 Å². The van der Waals surface area contributed by atoms with Gasteiger partial charge < -0.3 is 19.4 Å². The lowest BCUT2D eigenvalue weighted by Crippen LogP contribution is -2.75. The fourth-order valence-electron chi connectivity index (χ4n) is 3.33. The van der Waals surface area contributed by atoms with E-state index in [4.69, 9.17) is 14.3 Å². The van der Waals surface area contributed by atoms with Crippen LogP contribution in [0.25, 0.3) is 0 Å². The van der Waals surface area contributed by atoms with Crippen molar-refractivity contribution >= 4 is 24.2 Å². The van der Waals surface area contributed by atoms with Crippen LogP contribution in [0.1, 0.15) is 31.1 Å². The van der Waals surface area contributed by atoms with Gasteiger partial charge in [-0.3, -0.25) is 4.79 Å². The quantitative estimate of drug-likeness (QED) is 0.549. The third-order valence-corrected chi connectivity index (χ3v) is 5.00. The van der Waals surface area contributed by atoms with Crippen molar-refractivity contribution < 1.29 is 33.8 Å². The second kappa shape index (κ2) is 8.08. The average molecular weight is 405 g/mol. The van der Waals surface area contributed by atoms with E-state index in [1.165, 1.54) is 13.1 Å². The summed E-state index contributed by atoms with van der Waals surface area (Å²) in [7, 11) is 0. The van der Waals surface area contributed by atoms with E-state index < -0.39 is 41.8 Å². The molecule has 0 saturated carbocycles. The number of nitrogens with one attached hydrogen (secondary N) is 1. The number of carbonyl (C=O) groups is 3. The van der Waals surface area contributed by atoms with Crippen LogP contribution in [0.3, 0.4) is 0 Å². The maximum absolute atomic E-state index is 12.4. The Morgan fingerprint density at radius 1 is 1.34 bits per heavy atom. The SMILES string of the molecule is CCOC(=O)NN1C(=O)[C@H](C)[C@H]1[C@@H]1ON=C[C@@H](OC(=O)c2ccccc2)[C@@]1(C)O. The summed E-state index contributed by atoms with van der Waals surface area (Å²) in [4.78, 5) is 41.7. The molecule has 2 aliphatic heterocycles. The molecular formula is C19H23N3O7. The van der Waals surface area contributed by atoms with E-state index in [2.05, 4.69) is 10.6 Å². The van der Waals surface area contributed by atoms with Gasteiger partial charge in [-0.25, -0.2) is 20.0 Å². The summed E-state index contributed by atoms with van der Waals surface area (Å²) in [6.45, 7) is 4.82. The number of esters is 1. The molecule has 5 atom stereocenters. The Hall–Kier alpha value is -3.14. The van der Waals surface area contributed by atoms with E-state index in [-0.39, 0.29) is 12.5 Å². The highest BCUT2D eigenvalue weighted by molar-refractivity contribution is 5.91. The minimum atomic E-state index is -1.72. The summed E-state index contributed by atoms with van der Waals surface area (Å²) in [6, 6.07) is 7.58. The standard InChI is InChI=1S/C19H23N3O7/c1-4-27-18(25)21-22-14(11(2)16(22)23)15-19(3,26)13(10-20-29-15)28-17(24)12-8-6-5-7-9-12/h5-11,13-15,26H,4H2,1-3H3,(H,21,25)/t11-,13-,14+,15+,19-/m1/s1. The first-order chi connectivity index (χ1) is 13.8. The normalized spacial score (nSPS) is 30.8. The Kier molecular flexibility index (Phi) is 5.73. The van der Waals surface area contributed by atoms with Crippen molar-refractivity contribution in [2.75, 3.05) is 6.61 Å². The van der Waals surface area contributed by atoms with Crippen molar-refractivity contribution in [1.82, 2.24) is 10.4 Å². The molecule has 2 amide bonds. The summed E-state index contributed by atoms with van der Waals surface area (Å²) >= 11 is 0. The molecule has 1 fully saturated rings. The fourth-order valence-corrected chi connectivity index (χ4v) is 3.33. The molecule has 0 aromatic heterocycles. The van der Waals surface area contributed by atoms with Gasteiger partial charge in [0, 0.05) is 0 Å². The van der Waals surface area contributed by atoms with Crippen LogP contribution in [0.2, 0.25) is 0 Å². The molecule has 0 bridgehead atoms. The van der Waals surface area contributed by atoms with Crippen LogP contribution in [0.15, 0.2) is 35.5 Å². The van der Waals surface area contributed by atoms with Crippen molar-refractivity contribution in [1.29, 1.82) is 0 Å². The zero-order valence-electron chi connectivity index (χ0n) is 16.3. The Balaban J connectivity index is 1.76. The molecule has 2 aliphatic rings. The molecule has 1 aromatic rings. The van der Waals surface area contributed by atoms with Crippen molar-refractivity contribution in [2.45, 2.75) is 44.6 Å². The van der Waals surface area contributed by atoms with E-state index in [0.717, 1.165) is 5.01 Å². The van der Waals surface area contributed by atoms with E-state index in [9.17, 15) is 19.5 Å². The Morgan fingerprint density at radius 2 is 2.03 bits per heavy atom. The van der Waals surface area contributed by atoms with Crippen LogP contribution >= 0.6 is 0 Å². The molecule has 1 aromatic carbocycles. The van der Waals surface area contributed by atoms with Gasteiger partial charge in [0.2, 0.25) is 5.91 Å². The molecule has 2 heterocycles. The summed E-state index contributed by atoms with van der Waals surface area (Å²) < 4.78 is 10.2. The number of carbonyl (C=O) groups excluding carboxylic acids is 3. The van der Waals surface area contributed by atoms with Crippen LogP contribution in [0, 0.1) is 5.92 Å². The number of rotatable bonds is 5. The van der Waals surface area contributed by atoms with Gasteiger partial charge >= 0.3 is 12.1 Å². The summed E-state index contributed by atoms with van der Waals surface area (Å²) in [5.74, 6) is -1.57. The van der Waals surface area contributed by atoms with Gasteiger partial charge in [-0.1, -0.05) is 30.3 Å². The van der Waals surface area contributed by atoms with Crippen LogP contribution in [-0.2, 0) is 19.1 Å². The largest absolute Gasteiger partial charge is 0.450 e. The van der Waals surface area contributed by atoms with Gasteiger partial charge in [0.1, 0.15) is 11.6 Å². The molecule has 0 spiro atoms. The third-order valence-electron chi connectivity index (χ3n) is 5.00. The number of β-lactam (4-membered cyclic amide) rings is 1. The molecule has 10 heteroatoms. The monoisotopic (exact) mass is 405 g/mol. The minimum Gasteiger partial charge on any atom is -0.450 e. The van der Waals surface area contributed by atoms with Gasteiger partial charge in [-0.15, -0.1) is 0 Å². The molecule has 0 radical (unpaired) electrons. The van der Waals surface area contributed by atoms with E-state index in [0.29, 0.717) is 5.56 Å². The topological polar surface area (TPSA) is 127 Å². The van der Waals surface area contributed by atoms with E-state index in [1.54, 1.807) is 44.2 Å². The minimum absolute atomic E-state index is 0.132. The summed E-state index contributed by atoms with van der Waals surface area (Å²) in [5, 5.41) is 15.9. The predicted molar refractivity (Wildman–Crippen MR) is 99.6 cm³/mol. The number of hydrogen-bond donors (Lipinski definition) is 2. The lowest BCUT2D eigenvalue weighted by atomic mass is 9.77. The van der Waals surface area contributed by atoms with Crippen molar-refractivity contribution in [3.8, 4) is 0 Å². The van der Waals surface area contributed by atoms with Gasteiger partial charge in [-0.05, 0) is 26.0 Å². The smallest absolute Gasteiger partial charge is 0.426 e. The zero-order valence-corrected chi connectivity index (χ0v) is 16.3. The molecule has 0 aliphatic carbocycles. The van der Waals surface area contributed by atoms with Crippen molar-refractivity contribution in [2.24, 2.45) is 11.1 Å². The van der Waals surface area contributed by atoms with Crippen molar-refractivity contribution in [3.05, 3.63) is 35.9 Å². The highest BCUT2D eigenvalue weighted by Crippen LogP contribution is 2.37. The van der Waals surface area contributed by atoms with Gasteiger partial charge in [-0.2, -0.15) is 0 Å². The highest BCUT2D eigenvalue weighted by Gasteiger charge is 2.60. The number of amides is 2. The molecular weight excluding hydrogens is 382 g/mol. The molecule has 1 saturated heterocycles. The molecule has 3 rings (SSSR count). The number of hydrogen-bond acceptors (Lipinski definition) is 8. The highest BCUT2D eigenvalue weighted by atomic mass is 16.7. The summed E-state index contributed by atoms with van der Waals surface area (Å²) in [6.07, 6.45) is -1.80. The Bertz CT molecular complexity index is 811. The van der Waals surface area contributed by atoms with Crippen LogP contribution in [0.4, 0.5) is 4.79 Å². The first kappa shape index (κ1) is 20.6. The van der Waals surface area contributed by atoms with Crippen molar-refractivity contribution in [3.63, 3.8) is 0 Å². The second-order valence-electron chi connectivity index (χ2n) is 7.02. The number of oxime groups is 1. The van der Waals surface area contributed by atoms with E-state index in [1.807, 2.05) is 0 Å². The average Bonchev–Trinajstić information content (AvgIpc) is 2.70. The van der Waals surface area contributed by atoms with Crippen LogP contribution < -0.4 is 5.43 Å². The van der Waals surface area contributed by atoms with Crippen LogP contribution in [-0.4, -0.2) is 64.8 Å². The molecule has 0 unspecified atom stereocenters. The van der Waals surface area contributed by atoms with Gasteiger partial charge in [0.05, 0.1) is 24.3 Å². The fraction of sp³-hybridized carbons (Fsp3) is 0.474. The second-order valence-corrected chi connectivity index (χ2v) is 7.02. The number of benzene rings is 1. The first-order valence-electron chi connectivity index (χ1n) is 9.21. The Labute approximate surface area is 167 Å². The maximum Gasteiger partial charge on any atom is 0.426 e. The Morgan fingerprint density at radius 3 is 2.69 bits per heavy atom. The molecule has 29 heavy (non-hydrogen) atoms. The lowest BCUT2D eigenvalue weighted by Gasteiger charge is -2.51. The van der Waals surface area contributed by atoms with E-state index >= 15 is 0 Å². The first-order valence-corrected chi connectivity index (χ1v) is 9.21. The number of nitrogens with zero attached hydrogens (tertiary/aromatic N) is 2. The lowest BCUT2D eigenvalue weighted by molar-refractivity contribution is -0.212. The third kappa shape index (κ3) is 3.88. The molecule has 10 nitrogen and oxygen atoms in total. The summed E-state index contributed by atoms with van der Waals surface area (Å²) in [5.41, 5.74) is 0.931. The molecule has 156 valence electrons. The number of ether oxygens (including phenoxy) is 2. The number of hydrazine groups is 1. The maximum atomic E-state index is 12.4.